The zero-order valence-electron chi connectivity index (χ0n) is 13.6. The lowest BCUT2D eigenvalue weighted by Gasteiger charge is -2.46. The van der Waals surface area contributed by atoms with Crippen molar-refractivity contribution in [2.75, 3.05) is 7.11 Å². The van der Waals surface area contributed by atoms with Gasteiger partial charge in [0.15, 0.2) is 0 Å². The molecule has 5 heteroatoms. The molecule has 120 valence electrons. The number of hydrogen-bond donors (Lipinski definition) is 1. The van der Waals surface area contributed by atoms with Gasteiger partial charge in [0.2, 0.25) is 5.91 Å². The average Bonchev–Trinajstić information content (AvgIpc) is 2.98. The number of benzene rings is 1. The molecule has 1 aliphatic carbocycles. The average molecular weight is 312 g/mol. The smallest absolute Gasteiger partial charge is 0.314 e. The summed E-state index contributed by atoms with van der Waals surface area (Å²) in [6.07, 6.45) is 1.48. The van der Waals surface area contributed by atoms with Gasteiger partial charge in [0.05, 0.1) is 12.6 Å². The Morgan fingerprint density at radius 3 is 2.83 bits per heavy atom. The van der Waals surface area contributed by atoms with E-state index in [0.29, 0.717) is 19.3 Å². The molecule has 1 saturated heterocycles. The van der Waals surface area contributed by atoms with Gasteiger partial charge in [-0.05, 0) is 31.4 Å². The first-order chi connectivity index (χ1) is 10.9. The minimum absolute atomic E-state index is 0.00914. The van der Waals surface area contributed by atoms with Crippen molar-refractivity contribution in [3.05, 3.63) is 35.5 Å². The van der Waals surface area contributed by atoms with Crippen LogP contribution < -0.4 is 5.32 Å². The van der Waals surface area contributed by atoms with Gasteiger partial charge in [-0.25, -0.2) is 0 Å². The van der Waals surface area contributed by atoms with Crippen LogP contribution in [0.4, 0.5) is 0 Å². The molecule has 5 nitrogen and oxygen atoms in total. The minimum Gasteiger partial charge on any atom is -0.469 e. The molecule has 0 bridgehead atoms. The molecule has 2 aromatic rings. The van der Waals surface area contributed by atoms with Crippen molar-refractivity contribution in [2.45, 2.75) is 31.7 Å². The van der Waals surface area contributed by atoms with Crippen molar-refractivity contribution >= 4 is 22.8 Å². The summed E-state index contributed by atoms with van der Waals surface area (Å²) >= 11 is 0. The number of amides is 1. The number of nitrogens with one attached hydrogen (secondary N) is 1. The van der Waals surface area contributed by atoms with Crippen LogP contribution in [0.5, 0.6) is 0 Å². The number of hydrogen-bond acceptors (Lipinski definition) is 3. The second kappa shape index (κ2) is 4.37. The summed E-state index contributed by atoms with van der Waals surface area (Å²) in [5.41, 5.74) is 1.84. The van der Waals surface area contributed by atoms with E-state index in [1.54, 1.807) is 0 Å². The summed E-state index contributed by atoms with van der Waals surface area (Å²) in [5.74, 6) is -0.245. The molecule has 1 N–H and O–H groups in total. The topological polar surface area (TPSA) is 60.3 Å². The Bertz CT molecular complexity index is 853. The van der Waals surface area contributed by atoms with Gasteiger partial charge >= 0.3 is 5.97 Å². The number of fused-ring (bicyclic) bond motifs is 5. The van der Waals surface area contributed by atoms with E-state index in [-0.39, 0.29) is 11.9 Å². The second-order valence-electron chi connectivity index (χ2n) is 6.83. The molecule has 1 fully saturated rings. The third kappa shape index (κ3) is 1.52. The van der Waals surface area contributed by atoms with Crippen LogP contribution in [0, 0.1) is 5.41 Å². The fraction of sp³-hybridized carbons (Fsp3) is 0.444. The molecular weight excluding hydrogens is 292 g/mol. The van der Waals surface area contributed by atoms with Crippen molar-refractivity contribution in [1.29, 1.82) is 0 Å². The molecule has 2 aliphatic rings. The molecule has 1 amide bonds. The first kappa shape index (κ1) is 14.3. The summed E-state index contributed by atoms with van der Waals surface area (Å²) in [6, 6.07) is 8.17. The monoisotopic (exact) mass is 312 g/mol. The summed E-state index contributed by atoms with van der Waals surface area (Å²) in [7, 11) is 3.43. The number of aromatic nitrogens is 1. The molecule has 0 spiro atoms. The number of carbonyl (C=O) groups excluding carboxylic acids is 2. The molecule has 1 aliphatic heterocycles. The van der Waals surface area contributed by atoms with Crippen LogP contribution in [0.15, 0.2) is 24.3 Å². The number of aryl methyl sites for hydroxylation is 1. The Morgan fingerprint density at radius 1 is 1.35 bits per heavy atom. The van der Waals surface area contributed by atoms with Gasteiger partial charge in [-0.2, -0.15) is 0 Å². The van der Waals surface area contributed by atoms with E-state index in [1.807, 2.05) is 26.1 Å². The van der Waals surface area contributed by atoms with Crippen molar-refractivity contribution in [3.8, 4) is 0 Å². The van der Waals surface area contributed by atoms with Crippen LogP contribution in [0.1, 0.15) is 31.0 Å². The van der Waals surface area contributed by atoms with Crippen LogP contribution in [0.25, 0.3) is 10.9 Å². The Hall–Kier alpha value is -2.30. The molecule has 23 heavy (non-hydrogen) atoms. The Labute approximate surface area is 134 Å². The highest BCUT2D eigenvalue weighted by atomic mass is 16.5. The van der Waals surface area contributed by atoms with Crippen molar-refractivity contribution in [3.63, 3.8) is 0 Å². The normalized spacial score (nSPS) is 29.1. The highest BCUT2D eigenvalue weighted by Gasteiger charge is 2.64. The first-order valence-electron chi connectivity index (χ1n) is 7.91. The van der Waals surface area contributed by atoms with Crippen molar-refractivity contribution < 1.29 is 14.3 Å². The number of ether oxygens (including phenoxy) is 1. The summed E-state index contributed by atoms with van der Waals surface area (Å²) in [5, 5.41) is 4.26. The minimum atomic E-state index is -0.738. The number of esters is 1. The molecule has 0 radical (unpaired) electrons. The van der Waals surface area contributed by atoms with Gasteiger partial charge in [0.1, 0.15) is 5.41 Å². The predicted molar refractivity (Wildman–Crippen MR) is 85.8 cm³/mol. The molecule has 1 aromatic heterocycles. The maximum absolute atomic E-state index is 12.7. The van der Waals surface area contributed by atoms with Crippen LogP contribution in [-0.4, -0.2) is 23.6 Å². The summed E-state index contributed by atoms with van der Waals surface area (Å²) in [4.78, 5) is 24.8. The fourth-order valence-electron chi connectivity index (χ4n) is 4.75. The number of rotatable bonds is 1. The standard InChI is InChI=1S/C18H20N2O3/c1-17-15-12(11-6-4-5-7-13(11)20(15)2)10-18(17,16(22)23-3)9-8-14(21)19-17/h4-7H,8-10H2,1-3H3,(H,19,21)/t17-,18+/m0/s1. The van der Waals surface area contributed by atoms with E-state index in [2.05, 4.69) is 22.0 Å². The van der Waals surface area contributed by atoms with Crippen LogP contribution in [0.2, 0.25) is 0 Å². The van der Waals surface area contributed by atoms with Crippen molar-refractivity contribution in [2.24, 2.45) is 12.5 Å². The lowest BCUT2D eigenvalue weighted by Crippen LogP contribution is -2.61. The van der Waals surface area contributed by atoms with Crippen LogP contribution in [0.3, 0.4) is 0 Å². The van der Waals surface area contributed by atoms with Gasteiger partial charge in [0, 0.05) is 30.1 Å². The molecular formula is C18H20N2O3. The van der Waals surface area contributed by atoms with E-state index in [0.717, 1.165) is 22.2 Å². The molecule has 2 heterocycles. The van der Waals surface area contributed by atoms with E-state index in [4.69, 9.17) is 4.74 Å². The second-order valence-corrected chi connectivity index (χ2v) is 6.83. The number of carbonyl (C=O) groups is 2. The zero-order valence-corrected chi connectivity index (χ0v) is 13.6. The number of methoxy groups -OCH3 is 1. The SMILES string of the molecule is COC(=O)[C@]12CCC(=O)N[C@@]1(C)c1c(c3ccccc3n1C)C2. The fourth-order valence-corrected chi connectivity index (χ4v) is 4.75. The molecule has 0 saturated carbocycles. The third-order valence-corrected chi connectivity index (χ3v) is 5.87. The van der Waals surface area contributed by atoms with E-state index in [1.165, 1.54) is 7.11 Å². The third-order valence-electron chi connectivity index (χ3n) is 5.87. The zero-order chi connectivity index (χ0) is 16.4. The molecule has 2 atom stereocenters. The number of nitrogens with zero attached hydrogens (tertiary/aromatic N) is 1. The van der Waals surface area contributed by atoms with Gasteiger partial charge in [-0.15, -0.1) is 0 Å². The predicted octanol–water partition coefficient (Wildman–Crippen LogP) is 2.02. The highest BCUT2D eigenvalue weighted by molar-refractivity contribution is 5.93. The molecule has 1 aromatic carbocycles. The van der Waals surface area contributed by atoms with Gasteiger partial charge in [0.25, 0.3) is 0 Å². The lowest BCUT2D eigenvalue weighted by molar-refractivity contribution is -0.162. The molecule has 0 unspecified atom stereocenters. The van der Waals surface area contributed by atoms with Gasteiger partial charge in [-0.1, -0.05) is 18.2 Å². The molecule has 4 rings (SSSR count). The maximum Gasteiger partial charge on any atom is 0.314 e. The van der Waals surface area contributed by atoms with Crippen molar-refractivity contribution in [1.82, 2.24) is 9.88 Å². The summed E-state index contributed by atoms with van der Waals surface area (Å²) < 4.78 is 7.26. The van der Waals surface area contributed by atoms with E-state index >= 15 is 0 Å². The Morgan fingerprint density at radius 2 is 2.09 bits per heavy atom. The Kier molecular flexibility index (Phi) is 2.72. The largest absolute Gasteiger partial charge is 0.469 e. The van der Waals surface area contributed by atoms with E-state index < -0.39 is 11.0 Å². The maximum atomic E-state index is 12.7. The number of para-hydroxylation sites is 1. The van der Waals surface area contributed by atoms with Gasteiger partial charge in [-0.3, -0.25) is 9.59 Å². The van der Waals surface area contributed by atoms with E-state index in [9.17, 15) is 9.59 Å². The first-order valence-corrected chi connectivity index (χ1v) is 7.91. The number of piperidine rings is 1. The van der Waals surface area contributed by atoms with Crippen LogP contribution >= 0.6 is 0 Å². The quantitative estimate of drug-likeness (QED) is 0.820. The Balaban J connectivity index is 2.04. The van der Waals surface area contributed by atoms with Gasteiger partial charge < -0.3 is 14.6 Å². The summed E-state index contributed by atoms with van der Waals surface area (Å²) in [6.45, 7) is 1.96. The van der Waals surface area contributed by atoms with Crippen LogP contribution in [-0.2, 0) is 33.3 Å². The highest BCUT2D eigenvalue weighted by Crippen LogP contribution is 2.57. The lowest BCUT2D eigenvalue weighted by atomic mass is 9.66.